The van der Waals surface area contributed by atoms with Gasteiger partial charge in [0, 0.05) is 30.4 Å². The van der Waals surface area contributed by atoms with Crippen molar-refractivity contribution in [2.24, 2.45) is 0 Å². The second kappa shape index (κ2) is 6.87. The molecule has 5 nitrogen and oxygen atoms in total. The first-order valence-corrected chi connectivity index (χ1v) is 7.91. The van der Waals surface area contributed by atoms with Crippen LogP contribution in [0.2, 0.25) is 0 Å². The topological polar surface area (TPSA) is 66.3 Å². The quantitative estimate of drug-likeness (QED) is 0.851. The summed E-state index contributed by atoms with van der Waals surface area (Å²) in [6, 6.07) is 9.13. The van der Waals surface area contributed by atoms with Crippen LogP contribution in [-0.2, 0) is 17.8 Å². The van der Waals surface area contributed by atoms with Gasteiger partial charge < -0.3 is 5.11 Å². The third-order valence-electron chi connectivity index (χ3n) is 4.19. The molecule has 0 amide bonds. The number of aromatic nitrogens is 2. The van der Waals surface area contributed by atoms with Crippen LogP contribution in [0.25, 0.3) is 0 Å². The molecule has 0 spiro atoms. The fourth-order valence-electron chi connectivity index (χ4n) is 2.67. The number of carbonyl (C=O) groups is 1. The second-order valence-corrected chi connectivity index (χ2v) is 6.18. The summed E-state index contributed by atoms with van der Waals surface area (Å²) in [6.45, 7) is 0.523. The van der Waals surface area contributed by atoms with E-state index in [-0.39, 0.29) is 0 Å². The Labute approximate surface area is 136 Å². The van der Waals surface area contributed by atoms with Crippen molar-refractivity contribution in [1.82, 2.24) is 14.9 Å². The maximum absolute atomic E-state index is 11.6. The molecule has 1 atom stereocenters. The normalized spacial score (nSPS) is 15.6. The summed E-state index contributed by atoms with van der Waals surface area (Å²) in [4.78, 5) is 22.2. The maximum Gasteiger partial charge on any atom is 0.321 e. The van der Waals surface area contributed by atoms with Gasteiger partial charge in [-0.05, 0) is 31.9 Å². The highest BCUT2D eigenvalue weighted by Gasteiger charge is 2.27. The number of carboxylic acids is 1. The Bertz CT molecular complexity index is 654. The second-order valence-electron chi connectivity index (χ2n) is 6.18. The van der Waals surface area contributed by atoms with Crippen molar-refractivity contribution in [3.05, 3.63) is 59.7 Å². The van der Waals surface area contributed by atoms with Crippen LogP contribution in [0.4, 0.5) is 0 Å². The molecule has 0 radical (unpaired) electrons. The van der Waals surface area contributed by atoms with Gasteiger partial charge in [-0.3, -0.25) is 9.69 Å². The summed E-state index contributed by atoms with van der Waals surface area (Å²) in [5.74, 6) is 0.633. The third kappa shape index (κ3) is 4.13. The summed E-state index contributed by atoms with van der Waals surface area (Å²) in [5.41, 5.74) is 1.96. The predicted molar refractivity (Wildman–Crippen MR) is 87.0 cm³/mol. The fourth-order valence-corrected chi connectivity index (χ4v) is 2.67. The van der Waals surface area contributed by atoms with E-state index in [9.17, 15) is 9.90 Å². The Morgan fingerprint density at radius 3 is 2.43 bits per heavy atom. The van der Waals surface area contributed by atoms with Crippen LogP contribution in [0.5, 0.6) is 0 Å². The molecule has 3 rings (SSSR count). The number of aliphatic carboxylic acids is 1. The predicted octanol–water partition coefficient (Wildman–Crippen LogP) is 2.48. The van der Waals surface area contributed by atoms with E-state index in [2.05, 4.69) is 9.97 Å². The molecule has 1 aliphatic rings. The molecule has 0 saturated heterocycles. The first-order chi connectivity index (χ1) is 11.1. The number of benzene rings is 1. The van der Waals surface area contributed by atoms with Gasteiger partial charge in [0.15, 0.2) is 0 Å². The molecular formula is C18H21N3O2. The number of nitrogens with zero attached hydrogens (tertiary/aromatic N) is 3. The Hall–Kier alpha value is -2.27. The van der Waals surface area contributed by atoms with Gasteiger partial charge in [-0.2, -0.15) is 0 Å². The van der Waals surface area contributed by atoms with Crippen LogP contribution in [0.1, 0.15) is 35.7 Å². The van der Waals surface area contributed by atoms with Crippen LogP contribution in [0, 0.1) is 0 Å². The molecule has 1 heterocycles. The van der Waals surface area contributed by atoms with Crippen LogP contribution >= 0.6 is 0 Å². The highest BCUT2D eigenvalue weighted by molar-refractivity contribution is 5.73. The summed E-state index contributed by atoms with van der Waals surface area (Å²) in [5, 5.41) is 9.54. The van der Waals surface area contributed by atoms with Crippen molar-refractivity contribution >= 4 is 5.97 Å². The van der Waals surface area contributed by atoms with Crippen molar-refractivity contribution in [3.8, 4) is 0 Å². The van der Waals surface area contributed by atoms with E-state index in [0.717, 1.165) is 17.0 Å². The lowest BCUT2D eigenvalue weighted by atomic mass is 10.0. The van der Waals surface area contributed by atoms with Gasteiger partial charge in [0.1, 0.15) is 11.9 Å². The first-order valence-electron chi connectivity index (χ1n) is 7.91. The third-order valence-corrected chi connectivity index (χ3v) is 4.19. The summed E-state index contributed by atoms with van der Waals surface area (Å²) in [7, 11) is 1.83. The van der Waals surface area contributed by atoms with Crippen LogP contribution in [0.3, 0.4) is 0 Å². The van der Waals surface area contributed by atoms with Gasteiger partial charge >= 0.3 is 5.97 Å². The van der Waals surface area contributed by atoms with Gasteiger partial charge in [0.2, 0.25) is 0 Å². The van der Waals surface area contributed by atoms with E-state index in [0.29, 0.717) is 18.9 Å². The van der Waals surface area contributed by atoms with Gasteiger partial charge in [-0.1, -0.05) is 30.3 Å². The summed E-state index contributed by atoms with van der Waals surface area (Å²) >= 11 is 0. The van der Waals surface area contributed by atoms with Gasteiger partial charge in [-0.15, -0.1) is 0 Å². The Morgan fingerprint density at radius 1 is 1.22 bits per heavy atom. The first kappa shape index (κ1) is 15.6. The standard InChI is InChI=1S/C18H21N3O2/c1-21(12-14-10-19-17(20-11-14)15-7-8-15)16(18(22)23)9-13-5-3-2-4-6-13/h2-6,10-11,15-16H,7-9,12H2,1H3,(H,22,23). The molecule has 1 fully saturated rings. The minimum atomic E-state index is -0.813. The summed E-state index contributed by atoms with van der Waals surface area (Å²) < 4.78 is 0. The van der Waals surface area contributed by atoms with Crippen molar-refractivity contribution in [2.45, 2.75) is 37.8 Å². The number of carboxylic acid groups (broad SMARTS) is 1. The smallest absolute Gasteiger partial charge is 0.321 e. The monoisotopic (exact) mass is 311 g/mol. The maximum atomic E-state index is 11.6. The molecular weight excluding hydrogens is 290 g/mol. The minimum Gasteiger partial charge on any atom is -0.480 e. The molecule has 1 unspecified atom stereocenters. The van der Waals surface area contributed by atoms with E-state index in [1.54, 1.807) is 0 Å². The van der Waals surface area contributed by atoms with E-state index >= 15 is 0 Å². The van der Waals surface area contributed by atoms with E-state index in [1.807, 2.05) is 54.7 Å². The van der Waals surface area contributed by atoms with Crippen molar-refractivity contribution < 1.29 is 9.90 Å². The molecule has 0 aliphatic heterocycles. The SMILES string of the molecule is CN(Cc1cnc(C2CC2)nc1)C(Cc1ccccc1)C(=O)O. The number of hydrogen-bond donors (Lipinski definition) is 1. The van der Waals surface area contributed by atoms with Crippen molar-refractivity contribution in [1.29, 1.82) is 0 Å². The lowest BCUT2D eigenvalue weighted by molar-refractivity contribution is -0.142. The zero-order valence-corrected chi connectivity index (χ0v) is 13.2. The number of rotatable bonds is 7. The van der Waals surface area contributed by atoms with Gasteiger partial charge in [0.05, 0.1) is 0 Å². The molecule has 23 heavy (non-hydrogen) atoms. The Morgan fingerprint density at radius 2 is 1.87 bits per heavy atom. The highest BCUT2D eigenvalue weighted by Crippen LogP contribution is 2.37. The van der Waals surface area contributed by atoms with Crippen molar-refractivity contribution in [2.75, 3.05) is 7.05 Å². The Balaban J connectivity index is 1.65. The molecule has 1 aliphatic carbocycles. The molecule has 1 aromatic carbocycles. The van der Waals surface area contributed by atoms with Gasteiger partial charge in [-0.25, -0.2) is 9.97 Å². The minimum absolute atomic E-state index is 0.480. The largest absolute Gasteiger partial charge is 0.480 e. The van der Waals surface area contributed by atoms with Crippen molar-refractivity contribution in [3.63, 3.8) is 0 Å². The van der Waals surface area contributed by atoms with E-state index < -0.39 is 12.0 Å². The number of hydrogen-bond acceptors (Lipinski definition) is 4. The molecule has 120 valence electrons. The molecule has 2 aromatic rings. The molecule has 5 heteroatoms. The van der Waals surface area contributed by atoms with Crippen LogP contribution in [-0.4, -0.2) is 39.0 Å². The summed E-state index contributed by atoms with van der Waals surface area (Å²) in [6.07, 6.45) is 6.47. The van der Waals surface area contributed by atoms with Gasteiger partial charge in [0.25, 0.3) is 0 Å². The average molecular weight is 311 g/mol. The molecule has 1 aromatic heterocycles. The number of likely N-dealkylation sites (N-methyl/N-ethyl adjacent to an activating group) is 1. The van der Waals surface area contributed by atoms with E-state index in [1.165, 1.54) is 12.8 Å². The molecule has 0 bridgehead atoms. The lowest BCUT2D eigenvalue weighted by Crippen LogP contribution is -2.39. The zero-order chi connectivity index (χ0) is 16.2. The zero-order valence-electron chi connectivity index (χ0n) is 13.2. The Kier molecular flexibility index (Phi) is 4.67. The van der Waals surface area contributed by atoms with E-state index in [4.69, 9.17) is 0 Å². The molecule has 1 N–H and O–H groups in total. The van der Waals surface area contributed by atoms with Crippen LogP contribution in [0.15, 0.2) is 42.7 Å². The fraction of sp³-hybridized carbons (Fsp3) is 0.389. The van der Waals surface area contributed by atoms with Crippen LogP contribution < -0.4 is 0 Å². The lowest BCUT2D eigenvalue weighted by Gasteiger charge is -2.24. The molecule has 1 saturated carbocycles. The average Bonchev–Trinajstić information content (AvgIpc) is 3.39. The highest BCUT2D eigenvalue weighted by atomic mass is 16.4.